The van der Waals surface area contributed by atoms with Gasteiger partial charge in [-0.05, 0) is 45.3 Å². The minimum Gasteiger partial charge on any atom is -0.396 e. The number of nitrogen functional groups attached to an aromatic ring is 1. The summed E-state index contributed by atoms with van der Waals surface area (Å²) in [6.45, 7) is 0. The van der Waals surface area contributed by atoms with Crippen LogP contribution in [-0.4, -0.2) is 14.3 Å². The highest BCUT2D eigenvalue weighted by atomic mass is 79.9. The van der Waals surface area contributed by atoms with Crippen LogP contribution < -0.4 is 5.73 Å². The summed E-state index contributed by atoms with van der Waals surface area (Å²) in [5.74, 6) is 0. The fourth-order valence-electron chi connectivity index (χ4n) is 0.818. The summed E-state index contributed by atoms with van der Waals surface area (Å²) in [5, 5.41) is 0.755. The van der Waals surface area contributed by atoms with Crippen molar-refractivity contribution >= 4 is 44.9 Å². The van der Waals surface area contributed by atoms with Crippen LogP contribution >= 0.6 is 39.2 Å². The number of anilines is 1. The summed E-state index contributed by atoms with van der Waals surface area (Å²) < 4.78 is 5.61. The van der Waals surface area contributed by atoms with Crippen LogP contribution in [0.4, 0.5) is 5.69 Å². The lowest BCUT2D eigenvalue weighted by Crippen LogP contribution is -1.91. The molecule has 2 heterocycles. The average Bonchev–Trinajstić information content (AvgIpc) is 2.62. The van der Waals surface area contributed by atoms with Crippen LogP contribution in [0.2, 0.25) is 0 Å². The average molecular weight is 289 g/mol. The molecule has 0 unspecified atom stereocenters. The largest absolute Gasteiger partial charge is 0.396 e. The molecule has 0 saturated heterocycles. The maximum atomic E-state index is 5.78. The lowest BCUT2D eigenvalue weighted by Gasteiger charge is -2.01. The number of hydrogen-bond donors (Lipinski definition) is 1. The van der Waals surface area contributed by atoms with Crippen molar-refractivity contribution < 1.29 is 0 Å². The number of halogens is 1. The van der Waals surface area contributed by atoms with Crippen LogP contribution in [0, 0.1) is 0 Å². The van der Waals surface area contributed by atoms with Crippen molar-refractivity contribution in [3.8, 4) is 0 Å². The van der Waals surface area contributed by atoms with E-state index in [1.807, 2.05) is 6.07 Å². The molecule has 0 amide bonds. The Morgan fingerprint density at radius 1 is 1.43 bits per heavy atom. The van der Waals surface area contributed by atoms with Gasteiger partial charge >= 0.3 is 0 Å². The third kappa shape index (κ3) is 2.23. The zero-order chi connectivity index (χ0) is 9.97. The molecule has 0 aliphatic carbocycles. The van der Waals surface area contributed by atoms with E-state index in [9.17, 15) is 0 Å². The predicted octanol–water partition coefficient (Wildman–Crippen LogP) is 2.43. The minimum atomic E-state index is 0.638. The van der Waals surface area contributed by atoms with E-state index in [0.29, 0.717) is 5.69 Å². The third-order valence-corrected chi connectivity index (χ3v) is 3.55. The Labute approximate surface area is 97.3 Å². The molecule has 0 fully saturated rings. The SMILES string of the molecule is Nc1cc(Br)cnc1Sc1ncns1. The lowest BCUT2D eigenvalue weighted by molar-refractivity contribution is 1.12. The van der Waals surface area contributed by atoms with Gasteiger partial charge in [-0.3, -0.25) is 0 Å². The Kier molecular flexibility index (Phi) is 2.99. The highest BCUT2D eigenvalue weighted by molar-refractivity contribution is 9.10. The van der Waals surface area contributed by atoms with Gasteiger partial charge in [-0.1, -0.05) is 0 Å². The topological polar surface area (TPSA) is 64.7 Å². The van der Waals surface area contributed by atoms with Gasteiger partial charge < -0.3 is 5.73 Å². The molecule has 4 nitrogen and oxygen atoms in total. The van der Waals surface area contributed by atoms with Crippen LogP contribution in [0.15, 0.2) is 32.4 Å². The molecule has 7 heteroatoms. The number of rotatable bonds is 2. The van der Waals surface area contributed by atoms with E-state index >= 15 is 0 Å². The van der Waals surface area contributed by atoms with Crippen molar-refractivity contribution in [3.63, 3.8) is 0 Å². The van der Waals surface area contributed by atoms with Gasteiger partial charge in [-0.15, -0.1) is 0 Å². The van der Waals surface area contributed by atoms with Gasteiger partial charge in [0, 0.05) is 10.7 Å². The van der Waals surface area contributed by atoms with E-state index in [0.717, 1.165) is 13.8 Å². The molecule has 2 N–H and O–H groups in total. The molecule has 72 valence electrons. The molecule has 2 aromatic heterocycles. The maximum absolute atomic E-state index is 5.78. The van der Waals surface area contributed by atoms with E-state index in [-0.39, 0.29) is 0 Å². The van der Waals surface area contributed by atoms with E-state index in [4.69, 9.17) is 5.73 Å². The van der Waals surface area contributed by atoms with E-state index in [1.165, 1.54) is 29.6 Å². The molecule has 2 aromatic rings. The van der Waals surface area contributed by atoms with Gasteiger partial charge in [0.1, 0.15) is 11.4 Å². The fraction of sp³-hybridized carbons (Fsp3) is 0. The van der Waals surface area contributed by atoms with Crippen molar-refractivity contribution in [1.82, 2.24) is 14.3 Å². The van der Waals surface area contributed by atoms with Gasteiger partial charge in [0.05, 0.1) is 5.69 Å². The second kappa shape index (κ2) is 4.24. The van der Waals surface area contributed by atoms with Gasteiger partial charge in [-0.25, -0.2) is 9.97 Å². The first-order valence-corrected chi connectivity index (χ1v) is 5.99. The van der Waals surface area contributed by atoms with Crippen molar-refractivity contribution in [3.05, 3.63) is 23.1 Å². The Morgan fingerprint density at radius 3 is 2.93 bits per heavy atom. The van der Waals surface area contributed by atoms with E-state index in [1.54, 1.807) is 6.20 Å². The molecule has 14 heavy (non-hydrogen) atoms. The quantitative estimate of drug-likeness (QED) is 0.919. The number of nitrogens with two attached hydrogens (primary N) is 1. The summed E-state index contributed by atoms with van der Waals surface area (Å²) in [5.41, 5.74) is 6.42. The van der Waals surface area contributed by atoms with Crippen LogP contribution in [0.1, 0.15) is 0 Å². The van der Waals surface area contributed by atoms with Gasteiger partial charge in [0.15, 0.2) is 4.34 Å². The second-order valence-electron chi connectivity index (χ2n) is 2.36. The predicted molar refractivity (Wildman–Crippen MR) is 60.4 cm³/mol. The molecule has 0 aliphatic rings. The molecule has 0 aliphatic heterocycles. The molecular weight excluding hydrogens is 284 g/mol. The van der Waals surface area contributed by atoms with Crippen molar-refractivity contribution in [2.45, 2.75) is 9.37 Å². The maximum Gasteiger partial charge on any atom is 0.176 e. The van der Waals surface area contributed by atoms with Crippen LogP contribution in [-0.2, 0) is 0 Å². The van der Waals surface area contributed by atoms with Gasteiger partial charge in [-0.2, -0.15) is 4.37 Å². The Bertz CT molecular complexity index is 431. The monoisotopic (exact) mass is 288 g/mol. The summed E-state index contributed by atoms with van der Waals surface area (Å²) in [6, 6.07) is 1.82. The van der Waals surface area contributed by atoms with Gasteiger partial charge in [0.25, 0.3) is 0 Å². The molecule has 0 radical (unpaired) electrons. The van der Waals surface area contributed by atoms with Crippen molar-refractivity contribution in [2.24, 2.45) is 0 Å². The highest BCUT2D eigenvalue weighted by Gasteiger charge is 2.06. The first-order valence-electron chi connectivity index (χ1n) is 3.61. The van der Waals surface area contributed by atoms with Gasteiger partial charge in [0.2, 0.25) is 0 Å². The molecule has 0 spiro atoms. The Balaban J connectivity index is 2.25. The number of nitrogens with zero attached hydrogens (tertiary/aromatic N) is 3. The normalized spacial score (nSPS) is 10.4. The number of pyridine rings is 1. The second-order valence-corrected chi connectivity index (χ2v) is 5.29. The zero-order valence-corrected chi connectivity index (χ0v) is 10.1. The minimum absolute atomic E-state index is 0.638. The first-order chi connectivity index (χ1) is 6.75. The highest BCUT2D eigenvalue weighted by Crippen LogP contribution is 2.31. The molecular formula is C7H5BrN4S2. The first kappa shape index (κ1) is 9.88. The smallest absolute Gasteiger partial charge is 0.176 e. The molecule has 0 aromatic carbocycles. The summed E-state index contributed by atoms with van der Waals surface area (Å²) in [7, 11) is 0. The fourth-order valence-corrected chi connectivity index (χ4v) is 2.51. The zero-order valence-electron chi connectivity index (χ0n) is 6.85. The molecule has 2 rings (SSSR count). The van der Waals surface area contributed by atoms with E-state index < -0.39 is 0 Å². The Morgan fingerprint density at radius 2 is 2.29 bits per heavy atom. The standard InChI is InChI=1S/C7H5BrN4S2/c8-4-1-5(9)6(10-2-4)13-7-11-3-12-14-7/h1-3H,9H2. The molecule has 0 bridgehead atoms. The van der Waals surface area contributed by atoms with Crippen molar-refractivity contribution in [1.29, 1.82) is 0 Å². The summed E-state index contributed by atoms with van der Waals surface area (Å²) in [4.78, 5) is 8.22. The number of hydrogen-bond acceptors (Lipinski definition) is 6. The summed E-state index contributed by atoms with van der Waals surface area (Å²) in [6.07, 6.45) is 3.22. The van der Waals surface area contributed by atoms with E-state index in [2.05, 4.69) is 30.3 Å². The molecule has 0 saturated carbocycles. The van der Waals surface area contributed by atoms with Crippen LogP contribution in [0.3, 0.4) is 0 Å². The summed E-state index contributed by atoms with van der Waals surface area (Å²) >= 11 is 6.04. The van der Waals surface area contributed by atoms with Crippen LogP contribution in [0.25, 0.3) is 0 Å². The number of aromatic nitrogens is 3. The Hall–Kier alpha value is -0.660. The van der Waals surface area contributed by atoms with Crippen molar-refractivity contribution in [2.75, 3.05) is 5.73 Å². The molecule has 0 atom stereocenters. The lowest BCUT2D eigenvalue weighted by atomic mass is 10.4. The van der Waals surface area contributed by atoms with Crippen LogP contribution in [0.5, 0.6) is 0 Å². The third-order valence-electron chi connectivity index (χ3n) is 1.37.